The SMILES string of the molecule is Cc1ccc(C(CNC(=O)c2cc3ccccc3nc2N2CCCC2)N2CCCC2)o1. The molecular weight excluding hydrogens is 388 g/mol. The molecule has 5 rings (SSSR count). The molecule has 0 bridgehead atoms. The van der Waals surface area contributed by atoms with Gasteiger partial charge in [0.2, 0.25) is 0 Å². The van der Waals surface area contributed by atoms with Crippen molar-refractivity contribution in [2.45, 2.75) is 38.6 Å². The van der Waals surface area contributed by atoms with Gasteiger partial charge >= 0.3 is 0 Å². The van der Waals surface area contributed by atoms with E-state index < -0.39 is 0 Å². The van der Waals surface area contributed by atoms with E-state index in [2.05, 4.69) is 15.1 Å². The van der Waals surface area contributed by atoms with Gasteiger partial charge in [-0.05, 0) is 70.0 Å². The van der Waals surface area contributed by atoms with Gasteiger partial charge in [0.05, 0.1) is 17.1 Å². The minimum atomic E-state index is -0.0624. The lowest BCUT2D eigenvalue weighted by atomic mass is 10.1. The summed E-state index contributed by atoms with van der Waals surface area (Å²) in [5.74, 6) is 2.57. The number of aryl methyl sites for hydroxylation is 1. The number of fused-ring (bicyclic) bond motifs is 1. The number of anilines is 1. The molecule has 1 aromatic carbocycles. The molecule has 3 aromatic rings. The van der Waals surface area contributed by atoms with Gasteiger partial charge in [-0.15, -0.1) is 0 Å². The van der Waals surface area contributed by atoms with Gasteiger partial charge in [-0.1, -0.05) is 18.2 Å². The van der Waals surface area contributed by atoms with Crippen molar-refractivity contribution < 1.29 is 9.21 Å². The molecule has 0 aliphatic carbocycles. The van der Waals surface area contributed by atoms with Gasteiger partial charge in [-0.25, -0.2) is 4.98 Å². The van der Waals surface area contributed by atoms with Crippen LogP contribution in [-0.4, -0.2) is 48.5 Å². The first-order valence-electron chi connectivity index (χ1n) is 11.4. The van der Waals surface area contributed by atoms with Crippen LogP contribution in [-0.2, 0) is 0 Å². The molecule has 6 nitrogen and oxygen atoms in total. The van der Waals surface area contributed by atoms with E-state index >= 15 is 0 Å². The molecule has 6 heteroatoms. The van der Waals surface area contributed by atoms with Crippen molar-refractivity contribution in [2.24, 2.45) is 0 Å². The summed E-state index contributed by atoms with van der Waals surface area (Å²) in [5, 5.41) is 4.20. The van der Waals surface area contributed by atoms with Crippen LogP contribution >= 0.6 is 0 Å². The molecular formula is C25H30N4O2. The Morgan fingerprint density at radius 2 is 1.81 bits per heavy atom. The summed E-state index contributed by atoms with van der Waals surface area (Å²) in [6.45, 7) is 6.47. The zero-order chi connectivity index (χ0) is 21.2. The third-order valence-electron chi connectivity index (χ3n) is 6.48. The average Bonchev–Trinajstić information content (AvgIpc) is 3.56. The van der Waals surface area contributed by atoms with Crippen molar-refractivity contribution in [1.29, 1.82) is 0 Å². The Morgan fingerprint density at radius 1 is 1.06 bits per heavy atom. The van der Waals surface area contributed by atoms with E-state index in [1.807, 2.05) is 49.4 Å². The zero-order valence-corrected chi connectivity index (χ0v) is 18.1. The van der Waals surface area contributed by atoms with Crippen LogP contribution in [0.25, 0.3) is 10.9 Å². The van der Waals surface area contributed by atoms with Gasteiger partial charge in [-0.2, -0.15) is 0 Å². The van der Waals surface area contributed by atoms with E-state index in [0.717, 1.165) is 67.3 Å². The van der Waals surface area contributed by atoms with Crippen LogP contribution in [0.5, 0.6) is 0 Å². The zero-order valence-electron chi connectivity index (χ0n) is 18.1. The molecule has 2 aromatic heterocycles. The highest BCUT2D eigenvalue weighted by atomic mass is 16.3. The first-order valence-corrected chi connectivity index (χ1v) is 11.4. The van der Waals surface area contributed by atoms with Crippen LogP contribution in [0.2, 0.25) is 0 Å². The number of carbonyl (C=O) groups is 1. The van der Waals surface area contributed by atoms with E-state index in [0.29, 0.717) is 12.1 Å². The molecule has 2 aliphatic heterocycles. The summed E-state index contributed by atoms with van der Waals surface area (Å²) in [7, 11) is 0. The quantitative estimate of drug-likeness (QED) is 0.647. The standard InChI is InChI=1S/C25H30N4O2/c1-18-10-11-23(31-18)22(28-12-4-5-13-28)17-26-25(30)20-16-19-8-2-3-9-21(19)27-24(20)29-14-6-7-15-29/h2-3,8-11,16,22H,4-7,12-15,17H2,1H3,(H,26,30). The summed E-state index contributed by atoms with van der Waals surface area (Å²) in [5.41, 5.74) is 1.60. The van der Waals surface area contributed by atoms with E-state index in [1.165, 1.54) is 12.8 Å². The maximum atomic E-state index is 13.4. The fourth-order valence-electron chi connectivity index (χ4n) is 4.82. The van der Waals surface area contributed by atoms with Gasteiger partial charge in [-0.3, -0.25) is 9.69 Å². The predicted octanol–water partition coefficient (Wildman–Crippen LogP) is 4.30. The van der Waals surface area contributed by atoms with Gasteiger partial charge in [0.15, 0.2) is 0 Å². The first kappa shape index (κ1) is 20.1. The average molecular weight is 419 g/mol. The second kappa shape index (κ2) is 8.71. The van der Waals surface area contributed by atoms with E-state index in [9.17, 15) is 4.79 Å². The van der Waals surface area contributed by atoms with Crippen LogP contribution in [0.15, 0.2) is 46.9 Å². The number of hydrogen-bond acceptors (Lipinski definition) is 5. The second-order valence-corrected chi connectivity index (χ2v) is 8.66. The summed E-state index contributed by atoms with van der Waals surface area (Å²) in [6, 6.07) is 14.1. The number of carbonyl (C=O) groups excluding carboxylic acids is 1. The highest BCUT2D eigenvalue weighted by Crippen LogP contribution is 2.28. The van der Waals surface area contributed by atoms with Crippen LogP contribution in [0.3, 0.4) is 0 Å². The third kappa shape index (κ3) is 4.17. The summed E-state index contributed by atoms with van der Waals surface area (Å²) < 4.78 is 5.95. The fourth-order valence-corrected chi connectivity index (χ4v) is 4.82. The van der Waals surface area contributed by atoms with Crippen LogP contribution in [0.4, 0.5) is 5.82 Å². The maximum absolute atomic E-state index is 13.4. The second-order valence-electron chi connectivity index (χ2n) is 8.66. The molecule has 2 aliphatic rings. The molecule has 0 saturated carbocycles. The number of pyridine rings is 1. The van der Waals surface area contributed by atoms with Crippen molar-refractivity contribution in [1.82, 2.24) is 15.2 Å². The van der Waals surface area contributed by atoms with E-state index in [-0.39, 0.29) is 11.9 Å². The summed E-state index contributed by atoms with van der Waals surface area (Å²) in [4.78, 5) is 22.9. The Balaban J connectivity index is 1.41. The molecule has 31 heavy (non-hydrogen) atoms. The molecule has 162 valence electrons. The smallest absolute Gasteiger partial charge is 0.255 e. The third-order valence-corrected chi connectivity index (χ3v) is 6.48. The Hall–Kier alpha value is -2.86. The van der Waals surface area contributed by atoms with Gasteiger partial charge in [0, 0.05) is 25.0 Å². The van der Waals surface area contributed by atoms with Crippen molar-refractivity contribution in [3.8, 4) is 0 Å². The Bertz CT molecular complexity index is 1060. The lowest BCUT2D eigenvalue weighted by molar-refractivity contribution is 0.0934. The minimum absolute atomic E-state index is 0.0591. The monoisotopic (exact) mass is 418 g/mol. The lowest BCUT2D eigenvalue weighted by Crippen LogP contribution is -2.37. The molecule has 0 radical (unpaired) electrons. The number of nitrogens with zero attached hydrogens (tertiary/aromatic N) is 3. The number of rotatable bonds is 6. The van der Waals surface area contributed by atoms with E-state index in [4.69, 9.17) is 9.40 Å². The molecule has 1 N–H and O–H groups in total. The molecule has 1 unspecified atom stereocenters. The number of hydrogen-bond donors (Lipinski definition) is 1. The number of furan rings is 1. The van der Waals surface area contributed by atoms with Crippen LogP contribution in [0, 0.1) is 6.92 Å². The highest BCUT2D eigenvalue weighted by molar-refractivity contribution is 6.02. The van der Waals surface area contributed by atoms with Gasteiger partial charge in [0.1, 0.15) is 17.3 Å². The van der Waals surface area contributed by atoms with E-state index in [1.54, 1.807) is 0 Å². The van der Waals surface area contributed by atoms with Crippen LogP contribution < -0.4 is 10.2 Å². The molecule has 1 atom stereocenters. The number of amides is 1. The number of aromatic nitrogens is 1. The fraction of sp³-hybridized carbons (Fsp3) is 0.440. The number of likely N-dealkylation sites (tertiary alicyclic amines) is 1. The first-order chi connectivity index (χ1) is 15.2. The van der Waals surface area contributed by atoms with Crippen LogP contribution in [0.1, 0.15) is 53.6 Å². The number of benzene rings is 1. The molecule has 4 heterocycles. The predicted molar refractivity (Wildman–Crippen MR) is 123 cm³/mol. The normalized spacial score (nSPS) is 18.0. The maximum Gasteiger partial charge on any atom is 0.255 e. The Labute approximate surface area is 183 Å². The molecule has 0 spiro atoms. The van der Waals surface area contributed by atoms with Crippen molar-refractivity contribution in [3.05, 3.63) is 59.5 Å². The molecule has 1 amide bonds. The molecule has 2 fully saturated rings. The lowest BCUT2D eigenvalue weighted by Gasteiger charge is -2.26. The minimum Gasteiger partial charge on any atom is -0.465 e. The Kier molecular flexibility index (Phi) is 5.64. The van der Waals surface area contributed by atoms with Crippen molar-refractivity contribution in [3.63, 3.8) is 0 Å². The number of nitrogens with one attached hydrogen (secondary N) is 1. The largest absolute Gasteiger partial charge is 0.465 e. The van der Waals surface area contributed by atoms with Crippen molar-refractivity contribution in [2.75, 3.05) is 37.6 Å². The summed E-state index contributed by atoms with van der Waals surface area (Å²) >= 11 is 0. The highest BCUT2D eigenvalue weighted by Gasteiger charge is 2.28. The van der Waals surface area contributed by atoms with Crippen molar-refractivity contribution >= 4 is 22.6 Å². The topological polar surface area (TPSA) is 61.6 Å². The Morgan fingerprint density at radius 3 is 2.55 bits per heavy atom. The number of para-hydroxylation sites is 1. The van der Waals surface area contributed by atoms with Gasteiger partial charge in [0.25, 0.3) is 5.91 Å². The molecule has 2 saturated heterocycles. The summed E-state index contributed by atoms with van der Waals surface area (Å²) in [6.07, 6.45) is 4.67. The van der Waals surface area contributed by atoms with Gasteiger partial charge < -0.3 is 14.6 Å².